The van der Waals surface area contributed by atoms with Crippen molar-refractivity contribution in [3.63, 3.8) is 0 Å². The van der Waals surface area contributed by atoms with Gasteiger partial charge in [0.2, 0.25) is 0 Å². The van der Waals surface area contributed by atoms with Gasteiger partial charge in [-0.05, 0) is 62.2 Å². The van der Waals surface area contributed by atoms with E-state index in [2.05, 4.69) is 26.7 Å². The van der Waals surface area contributed by atoms with Gasteiger partial charge in [0.15, 0.2) is 0 Å². The molecule has 0 bridgehead atoms. The first kappa shape index (κ1) is 23.4. The Hall–Kier alpha value is -3.80. The molecule has 0 aliphatic carbocycles. The van der Waals surface area contributed by atoms with E-state index in [1.807, 2.05) is 19.1 Å². The summed E-state index contributed by atoms with van der Waals surface area (Å²) in [5.74, 6) is -0.616. The van der Waals surface area contributed by atoms with Crippen LogP contribution in [0.5, 0.6) is 0 Å². The lowest BCUT2D eigenvalue weighted by atomic mass is 9.85. The van der Waals surface area contributed by atoms with Gasteiger partial charge in [0.1, 0.15) is 15.5 Å². The average Bonchev–Trinajstić information content (AvgIpc) is 3.24. The van der Waals surface area contributed by atoms with Crippen LogP contribution in [0, 0.1) is 18.3 Å². The van der Waals surface area contributed by atoms with E-state index in [1.54, 1.807) is 50.2 Å². The molecule has 9 heteroatoms. The molecular weight excluding hydrogens is 470 g/mol. The first-order valence-corrected chi connectivity index (χ1v) is 11.5. The van der Waals surface area contributed by atoms with Gasteiger partial charge in [-0.3, -0.25) is 9.59 Å². The van der Waals surface area contributed by atoms with Crippen molar-refractivity contribution in [2.75, 3.05) is 10.6 Å². The average molecular weight is 490 g/mol. The molecule has 170 valence electrons. The molecule has 34 heavy (non-hydrogen) atoms. The number of carbonyl (C=O) groups is 2. The second-order valence-electron chi connectivity index (χ2n) is 8.25. The van der Waals surface area contributed by atoms with Gasteiger partial charge in [-0.2, -0.15) is 5.26 Å². The molecule has 4 rings (SSSR count). The zero-order chi connectivity index (χ0) is 24.5. The van der Waals surface area contributed by atoms with Crippen LogP contribution in [0.2, 0.25) is 5.15 Å². The second kappa shape index (κ2) is 9.21. The van der Waals surface area contributed by atoms with Gasteiger partial charge in [0.25, 0.3) is 11.8 Å². The lowest BCUT2D eigenvalue weighted by Crippen LogP contribution is -2.17. The minimum absolute atomic E-state index is 0.262. The SMILES string of the molecule is Cc1ccc(NC(=O)c2cccc(C(C)(C)C#N)c2)cc1NC(=O)c1cc2nc(Cl)cnc2s1. The lowest BCUT2D eigenvalue weighted by Gasteiger charge is -2.16. The highest BCUT2D eigenvalue weighted by atomic mass is 35.5. The van der Waals surface area contributed by atoms with Crippen molar-refractivity contribution >= 4 is 56.5 Å². The Bertz CT molecular complexity index is 1470. The van der Waals surface area contributed by atoms with Crippen LogP contribution in [0.4, 0.5) is 11.4 Å². The van der Waals surface area contributed by atoms with Gasteiger partial charge in [0.05, 0.1) is 22.6 Å². The highest BCUT2D eigenvalue weighted by molar-refractivity contribution is 7.20. The fourth-order valence-electron chi connectivity index (χ4n) is 3.25. The number of anilines is 2. The van der Waals surface area contributed by atoms with E-state index >= 15 is 0 Å². The van der Waals surface area contributed by atoms with Crippen LogP contribution in [0.3, 0.4) is 0 Å². The number of fused-ring (bicyclic) bond motifs is 1. The summed E-state index contributed by atoms with van der Waals surface area (Å²) in [6, 6.07) is 16.2. The molecule has 0 radical (unpaired) electrons. The molecule has 2 amide bonds. The summed E-state index contributed by atoms with van der Waals surface area (Å²) in [5, 5.41) is 15.4. The van der Waals surface area contributed by atoms with Crippen molar-refractivity contribution in [2.24, 2.45) is 0 Å². The summed E-state index contributed by atoms with van der Waals surface area (Å²) in [7, 11) is 0. The first-order chi connectivity index (χ1) is 16.2. The molecule has 0 spiro atoms. The number of halogens is 1. The molecular formula is C25H20ClN5O2S. The number of thiophene rings is 1. The van der Waals surface area contributed by atoms with E-state index < -0.39 is 5.41 Å². The summed E-state index contributed by atoms with van der Waals surface area (Å²) < 4.78 is 0. The van der Waals surface area contributed by atoms with Crippen LogP contribution >= 0.6 is 22.9 Å². The third-order valence-corrected chi connectivity index (χ3v) is 6.52. The molecule has 2 aromatic heterocycles. The Morgan fingerprint density at radius 1 is 1.09 bits per heavy atom. The number of hydrogen-bond acceptors (Lipinski definition) is 6. The van der Waals surface area contributed by atoms with Crippen LogP contribution in [-0.2, 0) is 5.41 Å². The number of aromatic nitrogens is 2. The Kier molecular flexibility index (Phi) is 6.33. The predicted octanol–water partition coefficient (Wildman–Crippen LogP) is 5.96. The second-order valence-corrected chi connectivity index (χ2v) is 9.67. The molecule has 0 unspecified atom stereocenters. The van der Waals surface area contributed by atoms with Crippen molar-refractivity contribution in [1.82, 2.24) is 9.97 Å². The van der Waals surface area contributed by atoms with Gasteiger partial charge in [0, 0.05) is 16.9 Å². The minimum Gasteiger partial charge on any atom is -0.322 e. The molecule has 0 aliphatic heterocycles. The van der Waals surface area contributed by atoms with Gasteiger partial charge in [-0.25, -0.2) is 9.97 Å². The molecule has 4 aromatic rings. The number of hydrogen-bond donors (Lipinski definition) is 2. The Morgan fingerprint density at radius 3 is 2.65 bits per heavy atom. The molecule has 2 heterocycles. The highest BCUT2D eigenvalue weighted by Crippen LogP contribution is 2.27. The maximum Gasteiger partial charge on any atom is 0.265 e. The normalized spacial score (nSPS) is 11.1. The smallest absolute Gasteiger partial charge is 0.265 e. The first-order valence-electron chi connectivity index (χ1n) is 10.3. The number of aryl methyl sites for hydroxylation is 1. The standard InChI is InChI=1S/C25H20ClN5O2S/c1-14-7-8-17(29-22(32)15-5-4-6-16(9-15)25(2,3)13-27)10-18(14)31-23(33)20-11-19-24(34-20)28-12-21(26)30-19/h4-12H,1-3H3,(H,29,32)(H,31,33). The van der Waals surface area contributed by atoms with Gasteiger partial charge >= 0.3 is 0 Å². The maximum atomic E-state index is 12.8. The summed E-state index contributed by atoms with van der Waals surface area (Å²) >= 11 is 7.10. The van der Waals surface area contributed by atoms with Crippen molar-refractivity contribution < 1.29 is 9.59 Å². The Morgan fingerprint density at radius 2 is 1.88 bits per heavy atom. The lowest BCUT2D eigenvalue weighted by molar-refractivity contribution is 0.102. The summed E-state index contributed by atoms with van der Waals surface area (Å²) in [6.07, 6.45) is 1.44. The number of nitrogens with one attached hydrogen (secondary N) is 2. The number of benzene rings is 2. The molecule has 0 fully saturated rings. The van der Waals surface area contributed by atoms with Crippen molar-refractivity contribution in [3.05, 3.63) is 81.4 Å². The van der Waals surface area contributed by atoms with E-state index in [9.17, 15) is 14.9 Å². The monoisotopic (exact) mass is 489 g/mol. The summed E-state index contributed by atoms with van der Waals surface area (Å²) in [6.45, 7) is 5.47. The van der Waals surface area contributed by atoms with E-state index in [4.69, 9.17) is 11.6 Å². The van der Waals surface area contributed by atoms with E-state index in [-0.39, 0.29) is 17.0 Å². The van der Waals surface area contributed by atoms with E-state index in [0.29, 0.717) is 32.2 Å². The highest BCUT2D eigenvalue weighted by Gasteiger charge is 2.21. The van der Waals surface area contributed by atoms with Crippen molar-refractivity contribution in [2.45, 2.75) is 26.2 Å². The summed E-state index contributed by atoms with van der Waals surface area (Å²) in [5.41, 5.74) is 2.98. The Labute approximate surface area is 205 Å². The zero-order valence-corrected chi connectivity index (χ0v) is 20.2. The quantitative estimate of drug-likeness (QED) is 0.359. The van der Waals surface area contributed by atoms with Crippen LogP contribution in [0.25, 0.3) is 10.3 Å². The van der Waals surface area contributed by atoms with Crippen LogP contribution < -0.4 is 10.6 Å². The molecule has 0 saturated heterocycles. The molecule has 2 aromatic carbocycles. The fourth-order valence-corrected chi connectivity index (χ4v) is 4.22. The van der Waals surface area contributed by atoms with Crippen molar-refractivity contribution in [3.8, 4) is 6.07 Å². The van der Waals surface area contributed by atoms with E-state index in [0.717, 1.165) is 11.1 Å². The number of carbonyl (C=O) groups excluding carboxylic acids is 2. The van der Waals surface area contributed by atoms with Crippen LogP contribution in [0.15, 0.2) is 54.7 Å². The van der Waals surface area contributed by atoms with E-state index in [1.165, 1.54) is 17.5 Å². The van der Waals surface area contributed by atoms with Gasteiger partial charge in [-0.15, -0.1) is 11.3 Å². The maximum absolute atomic E-state index is 12.8. The third-order valence-electron chi connectivity index (χ3n) is 5.30. The predicted molar refractivity (Wildman–Crippen MR) is 135 cm³/mol. The zero-order valence-electron chi connectivity index (χ0n) is 18.6. The summed E-state index contributed by atoms with van der Waals surface area (Å²) in [4.78, 5) is 35.1. The molecule has 7 nitrogen and oxygen atoms in total. The molecule has 0 atom stereocenters. The topological polar surface area (TPSA) is 108 Å². The number of nitrogens with zero attached hydrogens (tertiary/aromatic N) is 3. The number of amides is 2. The number of rotatable bonds is 5. The van der Waals surface area contributed by atoms with Gasteiger partial charge < -0.3 is 10.6 Å². The molecule has 0 saturated carbocycles. The molecule has 2 N–H and O–H groups in total. The molecule has 0 aliphatic rings. The van der Waals surface area contributed by atoms with Crippen LogP contribution in [0.1, 0.15) is 45.0 Å². The van der Waals surface area contributed by atoms with Crippen LogP contribution in [-0.4, -0.2) is 21.8 Å². The van der Waals surface area contributed by atoms with Gasteiger partial charge in [-0.1, -0.05) is 29.8 Å². The largest absolute Gasteiger partial charge is 0.322 e. The minimum atomic E-state index is -0.708. The third kappa shape index (κ3) is 4.91. The Balaban J connectivity index is 1.53. The van der Waals surface area contributed by atoms with Crippen molar-refractivity contribution in [1.29, 1.82) is 5.26 Å². The number of nitriles is 1. The fraction of sp³-hybridized carbons (Fsp3) is 0.160.